The number of benzene rings is 1. The van der Waals surface area contributed by atoms with E-state index in [9.17, 15) is 31.1 Å². The molecule has 1 aliphatic carbocycles. The van der Waals surface area contributed by atoms with E-state index < -0.39 is 36.6 Å². The molecule has 0 radical (unpaired) electrons. The summed E-state index contributed by atoms with van der Waals surface area (Å²) in [5.41, 5.74) is -2.24. The molecule has 2 aromatic heterocycles. The molecular weight excluding hydrogens is 528 g/mol. The maximum Gasteiger partial charge on any atom is 0.416 e. The SMILES string of the molecule is O=C1N[C@@](c2ccc(CCCCC(F)(F)F)cc2)(C(F)(F)F)CC(c2ccn(CC3CC3)n2)=C1c1nnn[nH]1. The molecule has 1 amide bonds. The fourth-order valence-corrected chi connectivity index (χ4v) is 4.83. The molecule has 0 bridgehead atoms. The summed E-state index contributed by atoms with van der Waals surface area (Å²) in [4.78, 5) is 13.3. The van der Waals surface area contributed by atoms with Crippen LogP contribution in [0.1, 0.15) is 61.2 Å². The van der Waals surface area contributed by atoms with E-state index in [1.54, 1.807) is 16.9 Å². The van der Waals surface area contributed by atoms with E-state index in [0.717, 1.165) is 12.8 Å². The molecule has 3 aromatic rings. The Morgan fingerprint density at radius 3 is 2.38 bits per heavy atom. The summed E-state index contributed by atoms with van der Waals surface area (Å²) in [7, 11) is 0. The van der Waals surface area contributed by atoms with E-state index >= 15 is 0 Å². The van der Waals surface area contributed by atoms with Gasteiger partial charge in [0.1, 0.15) is 0 Å². The van der Waals surface area contributed by atoms with Gasteiger partial charge in [0.05, 0.1) is 11.3 Å². The molecule has 1 saturated carbocycles. The lowest BCUT2D eigenvalue weighted by Gasteiger charge is -2.41. The van der Waals surface area contributed by atoms with Crippen molar-refractivity contribution in [3.05, 3.63) is 59.2 Å². The van der Waals surface area contributed by atoms with E-state index in [4.69, 9.17) is 0 Å². The number of aromatic nitrogens is 6. The van der Waals surface area contributed by atoms with Gasteiger partial charge in [-0.3, -0.25) is 9.48 Å². The van der Waals surface area contributed by atoms with Gasteiger partial charge in [-0.15, -0.1) is 5.10 Å². The van der Waals surface area contributed by atoms with Crippen LogP contribution in [0.25, 0.3) is 11.1 Å². The Balaban J connectivity index is 1.48. The van der Waals surface area contributed by atoms with Gasteiger partial charge in [-0.2, -0.15) is 31.4 Å². The van der Waals surface area contributed by atoms with E-state index in [1.165, 1.54) is 24.3 Å². The molecule has 1 atom stereocenters. The van der Waals surface area contributed by atoms with Crippen LogP contribution in [0, 0.1) is 5.92 Å². The minimum Gasteiger partial charge on any atom is -0.334 e. The monoisotopic (exact) mass is 553 g/mol. The summed E-state index contributed by atoms with van der Waals surface area (Å²) >= 11 is 0. The highest BCUT2D eigenvalue weighted by molar-refractivity contribution is 6.27. The number of nitrogens with zero attached hydrogens (tertiary/aromatic N) is 5. The van der Waals surface area contributed by atoms with Crippen LogP contribution in [-0.2, 0) is 23.3 Å². The zero-order chi connectivity index (χ0) is 27.8. The lowest BCUT2D eigenvalue weighted by Crippen LogP contribution is -2.58. The number of hydrogen-bond acceptors (Lipinski definition) is 5. The molecule has 5 rings (SSSR count). The quantitative estimate of drug-likeness (QED) is 0.288. The molecule has 3 heterocycles. The number of tetrazole rings is 1. The molecule has 39 heavy (non-hydrogen) atoms. The lowest BCUT2D eigenvalue weighted by molar-refractivity contribution is -0.201. The summed E-state index contributed by atoms with van der Waals surface area (Å²) in [5.74, 6) is -0.620. The van der Waals surface area contributed by atoms with Crippen molar-refractivity contribution in [2.75, 3.05) is 0 Å². The molecule has 1 aromatic carbocycles. The second kappa shape index (κ2) is 10.1. The normalized spacial score (nSPS) is 20.4. The lowest BCUT2D eigenvalue weighted by atomic mass is 9.77. The van der Waals surface area contributed by atoms with Crippen LogP contribution < -0.4 is 5.32 Å². The van der Waals surface area contributed by atoms with Crippen LogP contribution >= 0.6 is 0 Å². The Bertz CT molecular complexity index is 1340. The average Bonchev–Trinajstić information content (AvgIpc) is 3.30. The average molecular weight is 554 g/mol. The number of halogens is 6. The van der Waals surface area contributed by atoms with Gasteiger partial charge in [0.25, 0.3) is 5.91 Å². The van der Waals surface area contributed by atoms with Gasteiger partial charge in [0.15, 0.2) is 11.4 Å². The minimum atomic E-state index is -4.90. The molecule has 2 N–H and O–H groups in total. The van der Waals surface area contributed by atoms with Gasteiger partial charge >= 0.3 is 12.4 Å². The van der Waals surface area contributed by atoms with Crippen molar-refractivity contribution in [3.8, 4) is 0 Å². The van der Waals surface area contributed by atoms with Gasteiger partial charge in [-0.25, -0.2) is 5.10 Å². The molecule has 8 nitrogen and oxygen atoms in total. The first-order chi connectivity index (χ1) is 18.5. The smallest absolute Gasteiger partial charge is 0.334 e. The van der Waals surface area contributed by atoms with Crippen molar-refractivity contribution in [1.82, 2.24) is 35.7 Å². The first kappa shape index (κ1) is 26.9. The van der Waals surface area contributed by atoms with E-state index in [-0.39, 0.29) is 47.5 Å². The predicted octanol–water partition coefficient (Wildman–Crippen LogP) is 4.97. The number of aryl methyl sites for hydroxylation is 1. The third-order valence-electron chi connectivity index (χ3n) is 7.08. The zero-order valence-electron chi connectivity index (χ0n) is 20.6. The molecule has 14 heteroatoms. The van der Waals surface area contributed by atoms with Crippen molar-refractivity contribution in [2.24, 2.45) is 5.92 Å². The number of alkyl halides is 6. The minimum absolute atomic E-state index is 0.0420. The highest BCUT2D eigenvalue weighted by Crippen LogP contribution is 2.49. The number of nitrogens with one attached hydrogen (secondary N) is 2. The topological polar surface area (TPSA) is 101 Å². The molecule has 2 aliphatic rings. The number of carbonyl (C=O) groups is 1. The summed E-state index contributed by atoms with van der Waals surface area (Å²) in [6, 6.07) is 7.00. The molecule has 1 fully saturated rings. The highest BCUT2D eigenvalue weighted by atomic mass is 19.4. The van der Waals surface area contributed by atoms with Gasteiger partial charge in [-0.1, -0.05) is 24.3 Å². The second-order valence-corrected chi connectivity index (χ2v) is 10.0. The predicted molar refractivity (Wildman–Crippen MR) is 126 cm³/mol. The van der Waals surface area contributed by atoms with E-state index in [1.807, 2.05) is 0 Å². The van der Waals surface area contributed by atoms with Gasteiger partial charge < -0.3 is 5.32 Å². The van der Waals surface area contributed by atoms with E-state index in [0.29, 0.717) is 18.0 Å². The van der Waals surface area contributed by atoms with Crippen molar-refractivity contribution in [2.45, 2.75) is 69.4 Å². The van der Waals surface area contributed by atoms with Crippen LogP contribution in [0.5, 0.6) is 0 Å². The third-order valence-corrected chi connectivity index (χ3v) is 7.08. The van der Waals surface area contributed by atoms with Gasteiger partial charge in [0, 0.05) is 25.6 Å². The number of carbonyl (C=O) groups excluding carboxylic acids is 1. The zero-order valence-corrected chi connectivity index (χ0v) is 20.6. The summed E-state index contributed by atoms with van der Waals surface area (Å²) in [6.07, 6.45) is -6.48. The van der Waals surface area contributed by atoms with Gasteiger partial charge in [-0.05, 0) is 71.2 Å². The van der Waals surface area contributed by atoms with Crippen molar-refractivity contribution < 1.29 is 31.1 Å². The maximum atomic E-state index is 14.8. The van der Waals surface area contributed by atoms with Gasteiger partial charge in [0.2, 0.25) is 0 Å². The summed E-state index contributed by atoms with van der Waals surface area (Å²) in [5, 5.41) is 19.8. The van der Waals surface area contributed by atoms with E-state index in [2.05, 4.69) is 31.0 Å². The highest BCUT2D eigenvalue weighted by Gasteiger charge is 2.60. The fourth-order valence-electron chi connectivity index (χ4n) is 4.83. The Labute approximate surface area is 218 Å². The number of rotatable bonds is 9. The number of amides is 1. The standard InChI is InChI=1S/C25H25F6N7O/c26-24(27,28)11-2-1-3-15-6-8-17(9-7-15)23(25(29,30)31)13-18(19-10-12-38(35-19)14-16-4-5-16)20(22(39)32-23)21-33-36-37-34-21/h6-10,12,16H,1-5,11,13-14H2,(H,32,39)(H,33,34,36,37)/t23-/m0/s1. The molecule has 0 saturated heterocycles. The Kier molecular flexibility index (Phi) is 6.97. The van der Waals surface area contributed by atoms with Crippen molar-refractivity contribution >= 4 is 17.1 Å². The van der Waals surface area contributed by atoms with Crippen molar-refractivity contribution in [1.29, 1.82) is 0 Å². The second-order valence-electron chi connectivity index (χ2n) is 10.0. The summed E-state index contributed by atoms with van der Waals surface area (Å²) in [6.45, 7) is 0.632. The van der Waals surface area contributed by atoms with Crippen LogP contribution in [0.3, 0.4) is 0 Å². The van der Waals surface area contributed by atoms with Crippen LogP contribution in [0.4, 0.5) is 26.3 Å². The van der Waals surface area contributed by atoms with Crippen LogP contribution in [-0.4, -0.2) is 48.7 Å². The third kappa shape index (κ3) is 5.83. The molecule has 1 aliphatic heterocycles. The number of unbranched alkanes of at least 4 members (excludes halogenated alkanes) is 1. The number of aromatic amines is 1. The maximum absolute atomic E-state index is 14.8. The summed E-state index contributed by atoms with van der Waals surface area (Å²) < 4.78 is 83.4. The molecule has 0 spiro atoms. The first-order valence-electron chi connectivity index (χ1n) is 12.5. The van der Waals surface area contributed by atoms with Crippen LogP contribution in [0.15, 0.2) is 36.5 Å². The molecule has 208 valence electrons. The van der Waals surface area contributed by atoms with Crippen LogP contribution in [0.2, 0.25) is 0 Å². The Hall–Kier alpha value is -3.71. The largest absolute Gasteiger partial charge is 0.416 e. The molecule has 0 unspecified atom stereocenters. The Morgan fingerprint density at radius 2 is 1.77 bits per heavy atom. The van der Waals surface area contributed by atoms with Crippen molar-refractivity contribution in [3.63, 3.8) is 0 Å². The fraction of sp³-hybridized carbons (Fsp3) is 0.480. The number of hydrogen-bond donors (Lipinski definition) is 2. The molecular formula is C25H25F6N7O. The Morgan fingerprint density at radius 1 is 1.03 bits per heavy atom. The number of H-pyrrole nitrogens is 1. The first-order valence-corrected chi connectivity index (χ1v) is 12.5.